The van der Waals surface area contributed by atoms with Gasteiger partial charge in [-0.25, -0.2) is 9.78 Å². The molecule has 0 radical (unpaired) electrons. The first kappa shape index (κ1) is 11.4. The van der Waals surface area contributed by atoms with Gasteiger partial charge in [-0.2, -0.15) is 0 Å². The molecule has 1 aromatic carbocycles. The van der Waals surface area contributed by atoms with E-state index in [4.69, 9.17) is 5.11 Å². The normalized spacial score (nSPS) is 10.1. The van der Waals surface area contributed by atoms with Gasteiger partial charge in [-0.15, -0.1) is 0 Å². The zero-order valence-electron chi connectivity index (χ0n) is 8.58. The van der Waals surface area contributed by atoms with Crippen LogP contribution in [-0.4, -0.2) is 21.0 Å². The maximum atomic E-state index is 11.0. The van der Waals surface area contributed by atoms with Crippen LogP contribution in [0.5, 0.6) is 0 Å². The molecule has 0 atom stereocenters. The third-order valence-electron chi connectivity index (χ3n) is 1.98. The first-order valence-corrected chi connectivity index (χ1v) is 5.53. The van der Waals surface area contributed by atoms with Crippen LogP contribution in [0.25, 0.3) is 0 Å². The summed E-state index contributed by atoms with van der Waals surface area (Å²) in [5.74, 6) is -0.962. The van der Waals surface area contributed by atoms with Gasteiger partial charge >= 0.3 is 5.97 Å². The second-order valence-electron chi connectivity index (χ2n) is 3.18. The highest BCUT2D eigenvalue weighted by Crippen LogP contribution is 2.24. The zero-order valence-corrected chi connectivity index (χ0v) is 9.40. The summed E-state index contributed by atoms with van der Waals surface area (Å²) in [4.78, 5) is 28.9. The van der Waals surface area contributed by atoms with Gasteiger partial charge in [0.2, 0.25) is 0 Å². The summed E-state index contributed by atoms with van der Waals surface area (Å²) in [5, 5.41) is 9.30. The van der Waals surface area contributed by atoms with Gasteiger partial charge < -0.3 is 10.1 Å². The van der Waals surface area contributed by atoms with E-state index in [9.17, 15) is 9.59 Å². The molecule has 2 N–H and O–H groups in total. The second kappa shape index (κ2) is 4.84. The third kappa shape index (κ3) is 2.94. The monoisotopic (exact) mass is 248 g/mol. The van der Waals surface area contributed by atoms with Crippen molar-refractivity contribution >= 4 is 17.7 Å². The summed E-state index contributed by atoms with van der Waals surface area (Å²) >= 11 is 1.30. The molecule has 0 amide bonds. The zero-order chi connectivity index (χ0) is 12.3. The Bertz CT molecular complexity index is 592. The van der Waals surface area contributed by atoms with Gasteiger partial charge in [0.15, 0.2) is 0 Å². The molecular formula is C11H8N2O3S. The van der Waals surface area contributed by atoms with Crippen molar-refractivity contribution in [2.24, 2.45) is 0 Å². The Balaban J connectivity index is 2.19. The maximum Gasteiger partial charge on any atom is 0.335 e. The number of carboxylic acid groups (broad SMARTS) is 1. The molecule has 0 saturated carbocycles. The molecular weight excluding hydrogens is 240 g/mol. The molecule has 0 unspecified atom stereocenters. The molecule has 2 rings (SSSR count). The summed E-state index contributed by atoms with van der Waals surface area (Å²) in [6.45, 7) is 0. The number of nitrogens with zero attached hydrogens (tertiary/aromatic N) is 1. The molecule has 5 nitrogen and oxygen atoms in total. The number of nitrogens with one attached hydrogen (secondary N) is 1. The van der Waals surface area contributed by atoms with Crippen molar-refractivity contribution in [2.75, 3.05) is 0 Å². The molecule has 17 heavy (non-hydrogen) atoms. The summed E-state index contributed by atoms with van der Waals surface area (Å²) < 4.78 is 0. The molecule has 1 heterocycles. The Morgan fingerprint density at radius 3 is 2.59 bits per heavy atom. The van der Waals surface area contributed by atoms with Crippen LogP contribution in [0.15, 0.2) is 51.4 Å². The van der Waals surface area contributed by atoms with Crippen LogP contribution in [0.4, 0.5) is 0 Å². The summed E-state index contributed by atoms with van der Waals surface area (Å²) in [5.41, 5.74) is 0.0119. The van der Waals surface area contributed by atoms with Gasteiger partial charge in [-0.1, -0.05) is 11.8 Å². The Hall–Kier alpha value is -2.08. The van der Waals surface area contributed by atoms with Crippen molar-refractivity contribution in [3.05, 3.63) is 52.6 Å². The molecule has 6 heteroatoms. The predicted octanol–water partition coefficient (Wildman–Crippen LogP) is 1.62. The fourth-order valence-corrected chi connectivity index (χ4v) is 1.98. The van der Waals surface area contributed by atoms with E-state index < -0.39 is 5.97 Å². The van der Waals surface area contributed by atoms with E-state index in [1.54, 1.807) is 12.1 Å². The van der Waals surface area contributed by atoms with Crippen molar-refractivity contribution < 1.29 is 9.90 Å². The van der Waals surface area contributed by atoms with E-state index in [0.29, 0.717) is 5.03 Å². The highest BCUT2D eigenvalue weighted by Gasteiger charge is 2.03. The quantitative estimate of drug-likeness (QED) is 0.806. The van der Waals surface area contributed by atoms with E-state index in [-0.39, 0.29) is 11.1 Å². The van der Waals surface area contributed by atoms with Crippen molar-refractivity contribution in [3.8, 4) is 0 Å². The molecule has 1 aromatic heterocycles. The fraction of sp³-hybridized carbons (Fsp3) is 0. The number of carboxylic acids is 1. The smallest absolute Gasteiger partial charge is 0.335 e. The molecule has 0 aliphatic rings. The highest BCUT2D eigenvalue weighted by molar-refractivity contribution is 7.99. The van der Waals surface area contributed by atoms with Crippen LogP contribution in [0.3, 0.4) is 0 Å². The van der Waals surface area contributed by atoms with Crippen LogP contribution in [-0.2, 0) is 0 Å². The summed E-state index contributed by atoms with van der Waals surface area (Å²) in [7, 11) is 0. The maximum absolute atomic E-state index is 11.0. The minimum absolute atomic E-state index is 0.218. The number of hydrogen-bond donors (Lipinski definition) is 2. The van der Waals surface area contributed by atoms with Crippen LogP contribution >= 0.6 is 11.8 Å². The molecule has 0 aliphatic carbocycles. The first-order chi connectivity index (χ1) is 8.15. The van der Waals surface area contributed by atoms with Gasteiger partial charge in [-0.05, 0) is 24.3 Å². The lowest BCUT2D eigenvalue weighted by molar-refractivity contribution is 0.0697. The average Bonchev–Trinajstić information content (AvgIpc) is 2.29. The van der Waals surface area contributed by atoms with Gasteiger partial charge in [0.25, 0.3) is 5.56 Å². The van der Waals surface area contributed by atoms with E-state index in [2.05, 4.69) is 9.97 Å². The topological polar surface area (TPSA) is 83.0 Å². The minimum atomic E-state index is -0.962. The van der Waals surface area contributed by atoms with Crippen molar-refractivity contribution in [2.45, 2.75) is 9.92 Å². The number of benzene rings is 1. The molecule has 0 bridgehead atoms. The Morgan fingerprint density at radius 1 is 1.29 bits per heavy atom. The number of carbonyl (C=O) groups is 1. The van der Waals surface area contributed by atoms with Crippen LogP contribution < -0.4 is 5.56 Å². The number of aromatic nitrogens is 2. The molecule has 0 saturated heterocycles. The largest absolute Gasteiger partial charge is 0.478 e. The van der Waals surface area contributed by atoms with Crippen molar-refractivity contribution in [1.82, 2.24) is 9.97 Å². The molecule has 86 valence electrons. The van der Waals surface area contributed by atoms with E-state index in [1.165, 1.54) is 36.3 Å². The number of rotatable bonds is 3. The van der Waals surface area contributed by atoms with E-state index >= 15 is 0 Å². The van der Waals surface area contributed by atoms with Crippen molar-refractivity contribution in [1.29, 1.82) is 0 Å². The lowest BCUT2D eigenvalue weighted by atomic mass is 10.2. The summed E-state index contributed by atoms with van der Waals surface area (Å²) in [6.07, 6.45) is 1.33. The summed E-state index contributed by atoms with van der Waals surface area (Å²) in [6, 6.07) is 7.76. The molecule has 0 fully saturated rings. The number of H-pyrrole nitrogens is 1. The molecule has 0 aliphatic heterocycles. The fourth-order valence-electron chi connectivity index (χ4n) is 1.19. The van der Waals surface area contributed by atoms with Crippen LogP contribution in [0, 0.1) is 0 Å². The van der Waals surface area contributed by atoms with Crippen LogP contribution in [0.1, 0.15) is 10.4 Å². The Kier molecular flexibility index (Phi) is 3.24. The van der Waals surface area contributed by atoms with E-state index in [0.717, 1.165) is 4.90 Å². The molecule has 0 spiro atoms. The lowest BCUT2D eigenvalue weighted by Crippen LogP contribution is -2.03. The number of hydrogen-bond acceptors (Lipinski definition) is 4. The highest BCUT2D eigenvalue weighted by atomic mass is 32.2. The van der Waals surface area contributed by atoms with Gasteiger partial charge in [0.1, 0.15) is 5.03 Å². The lowest BCUT2D eigenvalue weighted by Gasteiger charge is -2.00. The standard InChI is InChI=1S/C11H8N2O3S/c14-9-5-10(13-6-12-9)17-8-3-1-7(2-4-8)11(15)16/h1-6H,(H,15,16)(H,12,13,14). The third-order valence-corrected chi connectivity index (χ3v) is 2.92. The Labute approximate surface area is 101 Å². The van der Waals surface area contributed by atoms with E-state index in [1.807, 2.05) is 0 Å². The first-order valence-electron chi connectivity index (χ1n) is 4.71. The average molecular weight is 248 g/mol. The number of aromatic amines is 1. The van der Waals surface area contributed by atoms with Gasteiger partial charge in [0.05, 0.1) is 11.9 Å². The SMILES string of the molecule is O=C(O)c1ccc(Sc2cc(=O)[nH]cn2)cc1. The Morgan fingerprint density at radius 2 is 2.00 bits per heavy atom. The van der Waals surface area contributed by atoms with Gasteiger partial charge in [-0.3, -0.25) is 4.79 Å². The molecule has 2 aromatic rings. The minimum Gasteiger partial charge on any atom is -0.478 e. The number of aromatic carboxylic acids is 1. The second-order valence-corrected chi connectivity index (χ2v) is 4.27. The van der Waals surface area contributed by atoms with Gasteiger partial charge in [0, 0.05) is 11.0 Å². The predicted molar refractivity (Wildman–Crippen MR) is 62.4 cm³/mol. The van der Waals surface area contributed by atoms with Crippen LogP contribution in [0.2, 0.25) is 0 Å². The van der Waals surface area contributed by atoms with Crippen molar-refractivity contribution in [3.63, 3.8) is 0 Å².